The smallest absolute Gasteiger partial charge is 0.224 e. The maximum atomic E-state index is 13.3. The van der Waals surface area contributed by atoms with Crippen molar-refractivity contribution in [3.63, 3.8) is 0 Å². The van der Waals surface area contributed by atoms with E-state index in [1.807, 2.05) is 30.5 Å². The van der Waals surface area contributed by atoms with Gasteiger partial charge in [-0.05, 0) is 41.6 Å². The lowest BCUT2D eigenvalue weighted by Crippen LogP contribution is -2.22. The van der Waals surface area contributed by atoms with Gasteiger partial charge in [0.05, 0.1) is 22.5 Å². The highest BCUT2D eigenvalue weighted by Gasteiger charge is 2.18. The number of hydrogen-bond donors (Lipinski definition) is 3. The van der Waals surface area contributed by atoms with Gasteiger partial charge in [0, 0.05) is 25.1 Å². The van der Waals surface area contributed by atoms with Gasteiger partial charge in [0.1, 0.15) is 17.7 Å². The summed E-state index contributed by atoms with van der Waals surface area (Å²) >= 11 is 1.46. The molecule has 148 valence electrons. The molecule has 0 saturated carbocycles. The van der Waals surface area contributed by atoms with Crippen molar-refractivity contribution < 1.29 is 9.50 Å². The highest BCUT2D eigenvalue weighted by molar-refractivity contribution is 7.17. The van der Waals surface area contributed by atoms with Gasteiger partial charge in [-0.15, -0.1) is 11.3 Å². The molecule has 4 aromatic rings. The van der Waals surface area contributed by atoms with Crippen LogP contribution >= 0.6 is 11.3 Å². The van der Waals surface area contributed by atoms with Crippen LogP contribution in [0.15, 0.2) is 54.4 Å². The second-order valence-corrected chi connectivity index (χ2v) is 7.43. The molecule has 0 spiro atoms. The number of aliphatic hydroxyl groups is 1. The second-order valence-electron chi connectivity index (χ2n) is 6.51. The van der Waals surface area contributed by atoms with E-state index in [1.165, 1.54) is 17.4 Å². The third-order valence-corrected chi connectivity index (χ3v) is 5.31. The van der Waals surface area contributed by atoms with Gasteiger partial charge in [-0.1, -0.05) is 6.07 Å². The number of aliphatic hydroxyl groups excluding tert-OH is 1. The molecule has 0 radical (unpaired) electrons. The van der Waals surface area contributed by atoms with Crippen molar-refractivity contribution in [1.82, 2.24) is 25.3 Å². The van der Waals surface area contributed by atoms with Crippen LogP contribution in [-0.2, 0) is 6.54 Å². The number of nitrogens with one attached hydrogen (secondary N) is 2. The summed E-state index contributed by atoms with van der Waals surface area (Å²) in [4.78, 5) is 17.0. The van der Waals surface area contributed by atoms with E-state index in [9.17, 15) is 9.50 Å². The Kier molecular flexibility index (Phi) is 5.70. The summed E-state index contributed by atoms with van der Waals surface area (Å²) in [5.41, 5.74) is 2.84. The predicted octanol–water partition coefficient (Wildman–Crippen LogP) is 3.57. The third kappa shape index (κ3) is 4.53. The zero-order valence-corrected chi connectivity index (χ0v) is 16.4. The Morgan fingerprint density at radius 2 is 2.07 bits per heavy atom. The van der Waals surface area contributed by atoms with Crippen LogP contribution in [-0.4, -0.2) is 25.0 Å². The molecule has 2 unspecified atom stereocenters. The van der Waals surface area contributed by atoms with Crippen LogP contribution < -0.4 is 10.6 Å². The highest BCUT2D eigenvalue weighted by atomic mass is 32.1. The fourth-order valence-electron chi connectivity index (χ4n) is 2.91. The number of hydrogen-bond acceptors (Lipinski definition) is 8. The lowest BCUT2D eigenvalue weighted by molar-refractivity contribution is 0.134. The first-order valence-electron chi connectivity index (χ1n) is 9.02. The van der Waals surface area contributed by atoms with E-state index in [0.717, 1.165) is 22.0 Å². The van der Waals surface area contributed by atoms with Crippen molar-refractivity contribution in [3.8, 4) is 0 Å². The van der Waals surface area contributed by atoms with Gasteiger partial charge in [-0.25, -0.2) is 14.4 Å². The van der Waals surface area contributed by atoms with Gasteiger partial charge in [0.25, 0.3) is 0 Å². The van der Waals surface area contributed by atoms with Crippen molar-refractivity contribution in [3.05, 3.63) is 77.1 Å². The Hall–Kier alpha value is -3.01. The quantitative estimate of drug-likeness (QED) is 0.401. The zero-order chi connectivity index (χ0) is 20.2. The molecule has 7 nitrogen and oxygen atoms in total. The first-order valence-corrected chi connectivity index (χ1v) is 9.90. The molecular formula is C20H19FN6OS. The summed E-state index contributed by atoms with van der Waals surface area (Å²) < 4.78 is 14.1. The molecule has 9 heteroatoms. The van der Waals surface area contributed by atoms with Gasteiger partial charge in [0.15, 0.2) is 0 Å². The Bertz CT molecular complexity index is 1110. The van der Waals surface area contributed by atoms with E-state index in [2.05, 4.69) is 30.6 Å². The van der Waals surface area contributed by atoms with Crippen molar-refractivity contribution in [1.29, 1.82) is 0 Å². The molecule has 29 heavy (non-hydrogen) atoms. The second kappa shape index (κ2) is 8.56. The van der Waals surface area contributed by atoms with Crippen LogP contribution in [0.3, 0.4) is 0 Å². The fourth-order valence-corrected chi connectivity index (χ4v) is 3.75. The van der Waals surface area contributed by atoms with E-state index in [-0.39, 0.29) is 12.6 Å². The monoisotopic (exact) mass is 410 g/mol. The van der Waals surface area contributed by atoms with E-state index in [0.29, 0.717) is 17.2 Å². The Morgan fingerprint density at radius 1 is 1.17 bits per heavy atom. The summed E-state index contributed by atoms with van der Waals surface area (Å²) in [6.07, 6.45) is 5.15. The van der Waals surface area contributed by atoms with Crippen LogP contribution in [0.5, 0.6) is 0 Å². The SMILES string of the molecule is CC(Nc1nc(C(O)NCc2cncc(F)c2)c2sccc2n1)c1cccnc1. The molecule has 4 heterocycles. The number of thiophene rings is 1. The molecule has 0 amide bonds. The average Bonchev–Trinajstić information content (AvgIpc) is 3.20. The normalized spacial score (nSPS) is 13.3. The molecule has 0 aliphatic carbocycles. The topological polar surface area (TPSA) is 95.9 Å². The van der Waals surface area contributed by atoms with Gasteiger partial charge in [-0.3, -0.25) is 15.3 Å². The molecule has 4 aromatic heterocycles. The van der Waals surface area contributed by atoms with Crippen molar-refractivity contribution in [2.75, 3.05) is 5.32 Å². The van der Waals surface area contributed by atoms with Crippen molar-refractivity contribution >= 4 is 27.5 Å². The minimum absolute atomic E-state index is 0.0592. The number of rotatable bonds is 7. The van der Waals surface area contributed by atoms with Crippen LogP contribution in [0, 0.1) is 5.82 Å². The van der Waals surface area contributed by atoms with E-state index >= 15 is 0 Å². The first-order chi connectivity index (χ1) is 14.1. The Balaban J connectivity index is 1.55. The summed E-state index contributed by atoms with van der Waals surface area (Å²) in [6.45, 7) is 2.24. The maximum Gasteiger partial charge on any atom is 0.224 e. The first kappa shape index (κ1) is 19.3. The van der Waals surface area contributed by atoms with E-state index < -0.39 is 12.0 Å². The summed E-state index contributed by atoms with van der Waals surface area (Å²) in [5.74, 6) is -0.00660. The molecule has 0 fully saturated rings. The molecule has 3 N–H and O–H groups in total. The van der Waals surface area contributed by atoms with E-state index in [4.69, 9.17) is 0 Å². The number of pyridine rings is 2. The number of anilines is 1. The molecular weight excluding hydrogens is 391 g/mol. The van der Waals surface area contributed by atoms with Crippen molar-refractivity contribution in [2.24, 2.45) is 0 Å². The standard InChI is InChI=1S/C20H19FN6OS/c1-12(14-3-2-5-22-10-14)25-20-26-16-4-6-29-18(16)17(27-20)19(28)24-9-13-7-15(21)11-23-8-13/h2-8,10-12,19,24,28H,9H2,1H3,(H,25,26,27). The van der Waals surface area contributed by atoms with E-state index in [1.54, 1.807) is 18.6 Å². The lowest BCUT2D eigenvalue weighted by Gasteiger charge is -2.17. The largest absolute Gasteiger partial charge is 0.373 e. The minimum Gasteiger partial charge on any atom is -0.373 e. The summed E-state index contributed by atoms with van der Waals surface area (Å²) in [5, 5.41) is 18.8. The van der Waals surface area contributed by atoms with Crippen molar-refractivity contribution in [2.45, 2.75) is 25.7 Å². The molecule has 0 bridgehead atoms. The summed E-state index contributed by atoms with van der Waals surface area (Å²) in [7, 11) is 0. The molecule has 4 rings (SSSR count). The number of nitrogens with zero attached hydrogens (tertiary/aromatic N) is 4. The molecule has 0 aliphatic heterocycles. The molecule has 0 saturated heterocycles. The lowest BCUT2D eigenvalue weighted by atomic mass is 10.1. The zero-order valence-electron chi connectivity index (χ0n) is 15.6. The van der Waals surface area contributed by atoms with Gasteiger partial charge in [-0.2, -0.15) is 0 Å². The molecule has 0 aliphatic rings. The van der Waals surface area contributed by atoms with Gasteiger partial charge >= 0.3 is 0 Å². The van der Waals surface area contributed by atoms with Crippen LogP contribution in [0.1, 0.15) is 36.0 Å². The van der Waals surface area contributed by atoms with Crippen LogP contribution in [0.25, 0.3) is 10.2 Å². The number of fused-ring (bicyclic) bond motifs is 1. The third-order valence-electron chi connectivity index (χ3n) is 4.38. The van der Waals surface area contributed by atoms with Gasteiger partial charge < -0.3 is 10.4 Å². The van der Waals surface area contributed by atoms with Crippen LogP contribution in [0.2, 0.25) is 0 Å². The Morgan fingerprint density at radius 3 is 2.86 bits per heavy atom. The highest BCUT2D eigenvalue weighted by Crippen LogP contribution is 2.28. The molecule has 0 aromatic carbocycles. The van der Waals surface area contributed by atoms with Crippen LogP contribution in [0.4, 0.5) is 10.3 Å². The maximum absolute atomic E-state index is 13.3. The predicted molar refractivity (Wildman–Crippen MR) is 110 cm³/mol. The molecule has 2 atom stereocenters. The minimum atomic E-state index is -1.04. The number of halogens is 1. The fraction of sp³-hybridized carbons (Fsp3) is 0.200. The van der Waals surface area contributed by atoms with Gasteiger partial charge in [0.2, 0.25) is 5.95 Å². The Labute approximate surface area is 170 Å². The average molecular weight is 410 g/mol. The summed E-state index contributed by atoms with van der Waals surface area (Å²) in [6, 6.07) is 7.04. The number of aromatic nitrogens is 4.